The van der Waals surface area contributed by atoms with E-state index in [1.54, 1.807) is 33.9 Å². The van der Waals surface area contributed by atoms with Crippen LogP contribution in [-0.2, 0) is 23.0 Å². The van der Waals surface area contributed by atoms with Gasteiger partial charge in [-0.2, -0.15) is 0 Å². The second-order valence-electron chi connectivity index (χ2n) is 8.89. The number of aromatic nitrogens is 1. The number of ether oxygens (including phenoxy) is 2. The first-order valence-corrected chi connectivity index (χ1v) is 10.5. The third kappa shape index (κ3) is 3.95. The molecule has 162 valence electrons. The fraction of sp³-hybridized carbons (Fsp3) is 0.360. The molecular formula is C25H27NO5. The fourth-order valence-corrected chi connectivity index (χ4v) is 4.19. The summed E-state index contributed by atoms with van der Waals surface area (Å²) in [6, 6.07) is 13.2. The lowest BCUT2D eigenvalue weighted by atomic mass is 9.92. The average molecular weight is 421 g/mol. The van der Waals surface area contributed by atoms with Gasteiger partial charge < -0.3 is 19.1 Å². The van der Waals surface area contributed by atoms with Crippen molar-refractivity contribution >= 4 is 16.7 Å². The minimum Gasteiger partial charge on any atom is -0.493 e. The Balaban J connectivity index is 2.07. The molecule has 0 bridgehead atoms. The normalized spacial score (nSPS) is 14.7. The average Bonchev–Trinajstić information content (AvgIpc) is 2.73. The Kier molecular flexibility index (Phi) is 5.35. The Morgan fingerprint density at radius 1 is 1.16 bits per heavy atom. The van der Waals surface area contributed by atoms with Gasteiger partial charge in [0.15, 0.2) is 6.10 Å². The summed E-state index contributed by atoms with van der Waals surface area (Å²) in [6.07, 6.45) is 0.523. The topological polar surface area (TPSA) is 77.8 Å². The van der Waals surface area contributed by atoms with Gasteiger partial charge in [-0.3, -0.25) is 4.79 Å². The van der Waals surface area contributed by atoms with Crippen LogP contribution < -0.4 is 10.3 Å². The highest BCUT2D eigenvalue weighted by Crippen LogP contribution is 2.39. The van der Waals surface area contributed by atoms with Gasteiger partial charge in [-0.15, -0.1) is 0 Å². The molecule has 0 saturated carbocycles. The molecule has 3 aromatic rings. The first-order valence-electron chi connectivity index (χ1n) is 10.5. The smallest absolute Gasteiger partial charge is 0.339 e. The third-order valence-corrected chi connectivity index (χ3v) is 5.49. The Morgan fingerprint density at radius 2 is 1.87 bits per heavy atom. The van der Waals surface area contributed by atoms with E-state index < -0.39 is 17.7 Å². The SMILES string of the molecule is Cn1c(C(OC(C)(C)C)C(=O)O)c(-c2ccc3c(c2)CCCO3)c2ccccc2c1=O. The predicted octanol–water partition coefficient (Wildman–Crippen LogP) is 4.47. The minimum atomic E-state index is -1.30. The molecule has 1 aliphatic rings. The second-order valence-corrected chi connectivity index (χ2v) is 8.89. The number of hydrogen-bond donors (Lipinski definition) is 1. The van der Waals surface area contributed by atoms with E-state index in [2.05, 4.69) is 0 Å². The van der Waals surface area contributed by atoms with Crippen molar-refractivity contribution < 1.29 is 19.4 Å². The first-order chi connectivity index (χ1) is 14.7. The van der Waals surface area contributed by atoms with E-state index in [0.29, 0.717) is 28.6 Å². The lowest BCUT2D eigenvalue weighted by Crippen LogP contribution is -2.32. The molecule has 1 unspecified atom stereocenters. The van der Waals surface area contributed by atoms with E-state index in [-0.39, 0.29) is 5.56 Å². The van der Waals surface area contributed by atoms with Crippen molar-refractivity contribution in [3.63, 3.8) is 0 Å². The van der Waals surface area contributed by atoms with Crippen molar-refractivity contribution in [3.05, 3.63) is 64.1 Å². The highest BCUT2D eigenvalue weighted by Gasteiger charge is 2.33. The Labute approximate surface area is 181 Å². The zero-order valence-corrected chi connectivity index (χ0v) is 18.3. The summed E-state index contributed by atoms with van der Waals surface area (Å²) >= 11 is 0. The van der Waals surface area contributed by atoms with E-state index >= 15 is 0 Å². The van der Waals surface area contributed by atoms with Crippen LogP contribution in [0, 0.1) is 0 Å². The largest absolute Gasteiger partial charge is 0.493 e. The molecule has 0 aliphatic carbocycles. The van der Waals surface area contributed by atoms with Gasteiger partial charge in [-0.1, -0.05) is 24.3 Å². The standard InChI is InChI=1S/C25H27NO5/c1-25(2,3)31-22(24(28)29)21-20(16-11-12-19-15(14-16)8-7-13-30-19)17-9-5-6-10-18(17)23(27)26(21)4/h5-6,9-12,14,22H,7-8,13H2,1-4H3,(H,28,29). The fourth-order valence-electron chi connectivity index (χ4n) is 4.19. The van der Waals surface area contributed by atoms with E-state index in [1.165, 1.54) is 4.57 Å². The zero-order chi connectivity index (χ0) is 22.3. The van der Waals surface area contributed by atoms with Crippen LogP contribution in [-0.4, -0.2) is 27.9 Å². The highest BCUT2D eigenvalue weighted by molar-refractivity contribution is 5.99. The molecule has 6 heteroatoms. The molecule has 0 spiro atoms. The van der Waals surface area contributed by atoms with Crippen LogP contribution in [0.2, 0.25) is 0 Å². The summed E-state index contributed by atoms with van der Waals surface area (Å²) in [4.78, 5) is 25.5. The number of rotatable bonds is 4. The summed E-state index contributed by atoms with van der Waals surface area (Å²) < 4.78 is 13.1. The van der Waals surface area contributed by atoms with Crippen LogP contribution in [0.3, 0.4) is 0 Å². The molecule has 2 aromatic carbocycles. The number of carboxylic acid groups (broad SMARTS) is 1. The van der Waals surface area contributed by atoms with Crippen molar-refractivity contribution in [1.29, 1.82) is 0 Å². The maximum atomic E-state index is 13.2. The lowest BCUT2D eigenvalue weighted by molar-refractivity contribution is -0.161. The number of fused-ring (bicyclic) bond motifs is 2. The van der Waals surface area contributed by atoms with Gasteiger partial charge in [0.05, 0.1) is 17.9 Å². The predicted molar refractivity (Wildman–Crippen MR) is 120 cm³/mol. The number of carbonyl (C=O) groups is 1. The van der Waals surface area contributed by atoms with Crippen molar-refractivity contribution in [2.45, 2.75) is 45.3 Å². The molecule has 2 heterocycles. The molecule has 0 radical (unpaired) electrons. The quantitative estimate of drug-likeness (QED) is 0.672. The van der Waals surface area contributed by atoms with Crippen molar-refractivity contribution in [3.8, 4) is 16.9 Å². The van der Waals surface area contributed by atoms with Crippen molar-refractivity contribution in [2.75, 3.05) is 6.61 Å². The third-order valence-electron chi connectivity index (χ3n) is 5.49. The van der Waals surface area contributed by atoms with E-state index in [4.69, 9.17) is 9.47 Å². The Hall–Kier alpha value is -3.12. The molecule has 4 rings (SSSR count). The van der Waals surface area contributed by atoms with Crippen LogP contribution in [0.1, 0.15) is 44.6 Å². The molecule has 0 fully saturated rings. The maximum absolute atomic E-state index is 13.2. The lowest BCUT2D eigenvalue weighted by Gasteiger charge is -2.29. The minimum absolute atomic E-state index is 0.251. The summed E-state index contributed by atoms with van der Waals surface area (Å²) in [7, 11) is 1.61. The van der Waals surface area contributed by atoms with Gasteiger partial charge in [-0.05, 0) is 68.3 Å². The molecule has 0 amide bonds. The molecular weight excluding hydrogens is 394 g/mol. The zero-order valence-electron chi connectivity index (χ0n) is 18.3. The van der Waals surface area contributed by atoms with Gasteiger partial charge in [0.25, 0.3) is 5.56 Å². The molecule has 6 nitrogen and oxygen atoms in total. The van der Waals surface area contributed by atoms with Crippen LogP contribution in [0.4, 0.5) is 0 Å². The summed E-state index contributed by atoms with van der Waals surface area (Å²) in [6.45, 7) is 6.11. The molecule has 0 saturated heterocycles. The van der Waals surface area contributed by atoms with E-state index in [9.17, 15) is 14.7 Å². The second kappa shape index (κ2) is 7.85. The van der Waals surface area contributed by atoms with Crippen molar-refractivity contribution in [2.24, 2.45) is 7.05 Å². The van der Waals surface area contributed by atoms with Gasteiger partial charge >= 0.3 is 5.97 Å². The number of pyridine rings is 1. The molecule has 1 N–H and O–H groups in total. The van der Waals surface area contributed by atoms with E-state index in [0.717, 1.165) is 29.7 Å². The summed E-state index contributed by atoms with van der Waals surface area (Å²) in [5.74, 6) is -0.283. The monoisotopic (exact) mass is 421 g/mol. The van der Waals surface area contributed by atoms with Crippen molar-refractivity contribution in [1.82, 2.24) is 4.57 Å². The van der Waals surface area contributed by atoms with E-state index in [1.807, 2.05) is 36.4 Å². The number of hydrogen-bond acceptors (Lipinski definition) is 4. The van der Waals surface area contributed by atoms with Gasteiger partial charge in [0.1, 0.15) is 5.75 Å². The Bertz CT molecular complexity index is 1220. The van der Waals surface area contributed by atoms with Crippen LogP contribution in [0.25, 0.3) is 21.9 Å². The maximum Gasteiger partial charge on any atom is 0.339 e. The number of benzene rings is 2. The highest BCUT2D eigenvalue weighted by atomic mass is 16.5. The van der Waals surface area contributed by atoms with Gasteiger partial charge in [0, 0.05) is 18.0 Å². The number of nitrogens with zero attached hydrogens (tertiary/aromatic N) is 1. The number of carboxylic acids is 1. The van der Waals surface area contributed by atoms with Crippen LogP contribution >= 0.6 is 0 Å². The summed E-state index contributed by atoms with van der Waals surface area (Å²) in [5, 5.41) is 11.3. The number of aliphatic carboxylic acids is 1. The van der Waals surface area contributed by atoms with Gasteiger partial charge in [-0.25, -0.2) is 4.79 Å². The first kappa shape index (κ1) is 21.1. The van der Waals surface area contributed by atoms with Crippen LogP contribution in [0.5, 0.6) is 5.75 Å². The summed E-state index contributed by atoms with van der Waals surface area (Å²) in [5.41, 5.74) is 1.99. The molecule has 31 heavy (non-hydrogen) atoms. The molecule has 1 atom stereocenters. The molecule has 1 aromatic heterocycles. The van der Waals surface area contributed by atoms with Crippen LogP contribution in [0.15, 0.2) is 47.3 Å². The van der Waals surface area contributed by atoms with Gasteiger partial charge in [0.2, 0.25) is 0 Å². The molecule has 1 aliphatic heterocycles. The number of aryl methyl sites for hydroxylation is 1. The Morgan fingerprint density at radius 3 is 2.55 bits per heavy atom.